The Morgan fingerprint density at radius 2 is 1.81 bits per heavy atom. The Hall–Kier alpha value is -1.82. The van der Waals surface area contributed by atoms with E-state index in [9.17, 15) is 4.79 Å². The van der Waals surface area contributed by atoms with Crippen molar-refractivity contribution < 1.29 is 9.21 Å². The minimum Gasteiger partial charge on any atom is -0.411 e. The van der Waals surface area contributed by atoms with E-state index in [0.29, 0.717) is 11.1 Å². The van der Waals surface area contributed by atoms with Crippen molar-refractivity contribution in [1.29, 1.82) is 0 Å². The molecule has 5 nitrogen and oxygen atoms in total. The predicted molar refractivity (Wildman–Crippen MR) is 83.2 cm³/mol. The van der Waals surface area contributed by atoms with Crippen molar-refractivity contribution in [3.05, 3.63) is 29.3 Å². The lowest BCUT2D eigenvalue weighted by molar-refractivity contribution is -0.127. The minimum absolute atomic E-state index is 0.0196. The van der Waals surface area contributed by atoms with Crippen LogP contribution in [-0.4, -0.2) is 40.3 Å². The maximum atomic E-state index is 11.8. The van der Waals surface area contributed by atoms with Crippen LogP contribution in [0.5, 0.6) is 0 Å². The van der Waals surface area contributed by atoms with Crippen LogP contribution in [0.2, 0.25) is 0 Å². The molecule has 1 heterocycles. The first-order valence-corrected chi connectivity index (χ1v) is 7.55. The summed E-state index contributed by atoms with van der Waals surface area (Å²) in [7, 11) is 3.46. The minimum atomic E-state index is -0.257. The number of hydrogen-bond donors (Lipinski definition) is 0. The van der Waals surface area contributed by atoms with Crippen LogP contribution in [0.1, 0.15) is 18.1 Å². The maximum absolute atomic E-state index is 11.8. The summed E-state index contributed by atoms with van der Waals surface area (Å²) in [5, 5.41) is 8.22. The van der Waals surface area contributed by atoms with Gasteiger partial charge in [-0.25, -0.2) is 0 Å². The molecule has 2 aromatic rings. The second kappa shape index (κ2) is 6.30. The van der Waals surface area contributed by atoms with Gasteiger partial charge in [0.15, 0.2) is 0 Å². The Morgan fingerprint density at radius 1 is 1.19 bits per heavy atom. The summed E-state index contributed by atoms with van der Waals surface area (Å²) in [6, 6.07) is 6.10. The largest absolute Gasteiger partial charge is 0.411 e. The summed E-state index contributed by atoms with van der Waals surface area (Å²) < 4.78 is 5.65. The van der Waals surface area contributed by atoms with Crippen LogP contribution < -0.4 is 0 Å². The van der Waals surface area contributed by atoms with Crippen molar-refractivity contribution in [3.63, 3.8) is 0 Å². The van der Waals surface area contributed by atoms with Gasteiger partial charge in [0.25, 0.3) is 5.22 Å². The van der Waals surface area contributed by atoms with Gasteiger partial charge in [-0.15, -0.1) is 10.2 Å². The van der Waals surface area contributed by atoms with Gasteiger partial charge < -0.3 is 9.32 Å². The van der Waals surface area contributed by atoms with Crippen LogP contribution in [-0.2, 0) is 4.79 Å². The molecule has 112 valence electrons. The third-order valence-corrected chi connectivity index (χ3v) is 3.86. The van der Waals surface area contributed by atoms with Gasteiger partial charge in [-0.2, -0.15) is 0 Å². The van der Waals surface area contributed by atoms with Gasteiger partial charge in [-0.1, -0.05) is 29.0 Å². The molecule has 0 saturated carbocycles. The van der Waals surface area contributed by atoms with Crippen LogP contribution in [0.15, 0.2) is 27.8 Å². The highest BCUT2D eigenvalue weighted by atomic mass is 32.2. The number of aromatic nitrogens is 2. The summed E-state index contributed by atoms with van der Waals surface area (Å²) in [5.41, 5.74) is 3.19. The first-order valence-electron chi connectivity index (χ1n) is 6.67. The van der Waals surface area contributed by atoms with Crippen molar-refractivity contribution in [2.45, 2.75) is 31.2 Å². The van der Waals surface area contributed by atoms with E-state index in [4.69, 9.17) is 4.42 Å². The lowest BCUT2D eigenvalue weighted by Gasteiger charge is -2.14. The van der Waals surface area contributed by atoms with E-state index in [1.54, 1.807) is 19.0 Å². The van der Waals surface area contributed by atoms with Crippen molar-refractivity contribution in [1.82, 2.24) is 15.1 Å². The number of carbonyl (C=O) groups excluding carboxylic acids is 1. The van der Waals surface area contributed by atoms with Crippen LogP contribution in [0, 0.1) is 13.8 Å². The fraction of sp³-hybridized carbons (Fsp3) is 0.400. The SMILES string of the molecule is Cc1cc(C)cc(-c2nnc(S[C@H](C)C(=O)N(C)C)o2)c1. The Morgan fingerprint density at radius 3 is 2.38 bits per heavy atom. The molecule has 6 heteroatoms. The summed E-state index contributed by atoms with van der Waals surface area (Å²) in [4.78, 5) is 13.4. The van der Waals surface area contributed by atoms with Crippen LogP contribution in [0.3, 0.4) is 0 Å². The quantitative estimate of drug-likeness (QED) is 0.813. The smallest absolute Gasteiger partial charge is 0.277 e. The van der Waals surface area contributed by atoms with E-state index < -0.39 is 0 Å². The Bertz CT molecular complexity index is 632. The average Bonchev–Trinajstić information content (AvgIpc) is 2.85. The number of benzene rings is 1. The molecule has 0 N–H and O–H groups in total. The Kier molecular flexibility index (Phi) is 4.67. The first kappa shape index (κ1) is 15.6. The maximum Gasteiger partial charge on any atom is 0.277 e. The zero-order valence-electron chi connectivity index (χ0n) is 12.9. The van der Waals surface area contributed by atoms with E-state index in [-0.39, 0.29) is 11.2 Å². The normalized spacial score (nSPS) is 12.2. The fourth-order valence-corrected chi connectivity index (χ4v) is 2.87. The number of carbonyl (C=O) groups is 1. The van der Waals surface area contributed by atoms with Crippen molar-refractivity contribution in [2.24, 2.45) is 0 Å². The molecular formula is C15H19N3O2S. The Balaban J connectivity index is 2.16. The second-order valence-electron chi connectivity index (χ2n) is 5.24. The molecule has 0 spiro atoms. The summed E-state index contributed by atoms with van der Waals surface area (Å²) in [6.07, 6.45) is 0. The summed E-state index contributed by atoms with van der Waals surface area (Å²) >= 11 is 1.27. The molecule has 0 aliphatic heterocycles. The Labute approximate surface area is 128 Å². The molecule has 0 aliphatic rings. The standard InChI is InChI=1S/C15H19N3O2S/c1-9-6-10(2)8-12(7-9)13-16-17-15(20-13)21-11(3)14(19)18(4)5/h6-8,11H,1-5H3/t11-/m1/s1. The monoisotopic (exact) mass is 305 g/mol. The molecule has 0 bridgehead atoms. The van der Waals surface area contributed by atoms with Crippen LogP contribution >= 0.6 is 11.8 Å². The van der Waals surface area contributed by atoms with Gasteiger partial charge >= 0.3 is 0 Å². The van der Waals surface area contributed by atoms with Crippen molar-refractivity contribution >= 4 is 17.7 Å². The molecule has 21 heavy (non-hydrogen) atoms. The van der Waals surface area contributed by atoms with Gasteiger partial charge in [0.05, 0.1) is 5.25 Å². The van der Waals surface area contributed by atoms with E-state index in [2.05, 4.69) is 16.3 Å². The van der Waals surface area contributed by atoms with Crippen LogP contribution in [0.4, 0.5) is 0 Å². The fourth-order valence-electron chi connectivity index (χ4n) is 2.04. The third-order valence-electron chi connectivity index (χ3n) is 2.94. The number of nitrogens with zero attached hydrogens (tertiary/aromatic N) is 3. The zero-order chi connectivity index (χ0) is 15.6. The number of rotatable bonds is 4. The predicted octanol–water partition coefficient (Wildman–Crippen LogP) is 2.92. The highest BCUT2D eigenvalue weighted by molar-refractivity contribution is 8.00. The van der Waals surface area contributed by atoms with Gasteiger partial charge in [0.1, 0.15) is 0 Å². The molecule has 2 rings (SSSR count). The van der Waals surface area contributed by atoms with Gasteiger partial charge in [-0.05, 0) is 32.9 Å². The second-order valence-corrected chi connectivity index (χ2v) is 6.53. The number of aryl methyl sites for hydroxylation is 2. The van der Waals surface area contributed by atoms with E-state index in [1.807, 2.05) is 32.9 Å². The van der Waals surface area contributed by atoms with Gasteiger partial charge in [0.2, 0.25) is 11.8 Å². The number of amides is 1. The molecule has 1 aromatic heterocycles. The molecule has 0 unspecified atom stereocenters. The van der Waals surface area contributed by atoms with E-state index in [1.165, 1.54) is 11.8 Å². The highest BCUT2D eigenvalue weighted by Gasteiger charge is 2.20. The van der Waals surface area contributed by atoms with Crippen molar-refractivity contribution in [2.75, 3.05) is 14.1 Å². The molecule has 0 aliphatic carbocycles. The molecule has 1 amide bonds. The third kappa shape index (κ3) is 3.85. The highest BCUT2D eigenvalue weighted by Crippen LogP contribution is 2.27. The number of hydrogen-bond acceptors (Lipinski definition) is 5. The first-order chi connectivity index (χ1) is 9.86. The van der Waals surface area contributed by atoms with Crippen molar-refractivity contribution in [3.8, 4) is 11.5 Å². The molecule has 1 atom stereocenters. The molecule has 0 fully saturated rings. The molecule has 1 aromatic carbocycles. The summed E-state index contributed by atoms with van der Waals surface area (Å²) in [6.45, 7) is 5.88. The van der Waals surface area contributed by atoms with E-state index in [0.717, 1.165) is 16.7 Å². The summed E-state index contributed by atoms with van der Waals surface area (Å²) in [5.74, 6) is 0.500. The lowest BCUT2D eigenvalue weighted by Crippen LogP contribution is -2.29. The average molecular weight is 305 g/mol. The van der Waals surface area contributed by atoms with E-state index >= 15 is 0 Å². The molecule has 0 radical (unpaired) electrons. The topological polar surface area (TPSA) is 59.2 Å². The van der Waals surface area contributed by atoms with Gasteiger partial charge in [0, 0.05) is 19.7 Å². The lowest BCUT2D eigenvalue weighted by atomic mass is 10.1. The van der Waals surface area contributed by atoms with Crippen LogP contribution in [0.25, 0.3) is 11.5 Å². The number of thioether (sulfide) groups is 1. The zero-order valence-corrected chi connectivity index (χ0v) is 13.7. The molecular weight excluding hydrogens is 286 g/mol. The van der Waals surface area contributed by atoms with Gasteiger partial charge in [-0.3, -0.25) is 4.79 Å². The molecule has 0 saturated heterocycles.